The van der Waals surface area contributed by atoms with Crippen molar-refractivity contribution >= 4 is 23.5 Å². The van der Waals surface area contributed by atoms with E-state index in [1.165, 1.54) is 6.92 Å². The van der Waals surface area contributed by atoms with Crippen molar-refractivity contribution in [1.29, 1.82) is 0 Å². The zero-order chi connectivity index (χ0) is 19.4. The van der Waals surface area contributed by atoms with Crippen LogP contribution in [0.4, 0.5) is 5.95 Å². The fraction of sp³-hybridized carbons (Fsp3) is 0.278. The van der Waals surface area contributed by atoms with Gasteiger partial charge in [0.05, 0.1) is 34.8 Å². The molecule has 0 atom stereocenters. The summed E-state index contributed by atoms with van der Waals surface area (Å²) in [6.07, 6.45) is 8.54. The van der Waals surface area contributed by atoms with Gasteiger partial charge in [-0.15, -0.1) is 0 Å². The molecule has 0 aliphatic carbocycles. The predicted molar refractivity (Wildman–Crippen MR) is 103 cm³/mol. The van der Waals surface area contributed by atoms with Gasteiger partial charge in [0.1, 0.15) is 5.69 Å². The molecule has 0 radical (unpaired) electrons. The van der Waals surface area contributed by atoms with Crippen molar-refractivity contribution in [2.24, 2.45) is 0 Å². The van der Waals surface area contributed by atoms with Crippen LogP contribution in [0.3, 0.4) is 0 Å². The van der Waals surface area contributed by atoms with E-state index in [9.17, 15) is 4.79 Å². The Kier molecular flexibility index (Phi) is 5.36. The van der Waals surface area contributed by atoms with Gasteiger partial charge in [-0.3, -0.25) is 9.78 Å². The number of carbonyl (C=O) groups is 1. The van der Waals surface area contributed by atoms with Crippen molar-refractivity contribution in [2.45, 2.75) is 32.9 Å². The topological polar surface area (TPSA) is 97.6 Å². The Labute approximate surface area is 162 Å². The van der Waals surface area contributed by atoms with Gasteiger partial charge >= 0.3 is 0 Å². The van der Waals surface area contributed by atoms with Crippen LogP contribution in [0.5, 0.6) is 0 Å². The molecule has 140 valence electrons. The van der Waals surface area contributed by atoms with Crippen LogP contribution >= 0.6 is 11.6 Å². The Hall–Kier alpha value is -3.00. The molecule has 0 spiro atoms. The lowest BCUT2D eigenvalue weighted by molar-refractivity contribution is -0.119. The highest BCUT2D eigenvalue weighted by Gasteiger charge is 2.25. The molecular formula is C18H20ClN7O. The second kappa shape index (κ2) is 7.71. The fourth-order valence-electron chi connectivity index (χ4n) is 2.51. The molecule has 8 nitrogen and oxygen atoms in total. The van der Waals surface area contributed by atoms with Crippen molar-refractivity contribution in [3.63, 3.8) is 0 Å². The molecule has 0 bridgehead atoms. The number of halogens is 1. The number of carbonyl (C=O) groups excluding carboxylic acids is 1. The molecular weight excluding hydrogens is 366 g/mol. The van der Waals surface area contributed by atoms with Gasteiger partial charge in [-0.1, -0.05) is 11.6 Å². The number of nitrogens with zero attached hydrogens (tertiary/aromatic N) is 5. The first-order valence-electron chi connectivity index (χ1n) is 8.35. The van der Waals surface area contributed by atoms with Crippen LogP contribution in [0.1, 0.15) is 32.0 Å². The van der Waals surface area contributed by atoms with Crippen LogP contribution in [0.25, 0.3) is 5.69 Å². The summed E-state index contributed by atoms with van der Waals surface area (Å²) in [5.41, 5.74) is 1.77. The quantitative estimate of drug-likeness (QED) is 0.677. The first-order valence-corrected chi connectivity index (χ1v) is 8.72. The van der Waals surface area contributed by atoms with Crippen molar-refractivity contribution in [3.05, 3.63) is 59.4 Å². The van der Waals surface area contributed by atoms with E-state index in [2.05, 4.69) is 30.7 Å². The van der Waals surface area contributed by atoms with Gasteiger partial charge in [-0.05, 0) is 26.0 Å². The number of rotatable bonds is 6. The summed E-state index contributed by atoms with van der Waals surface area (Å²) in [6, 6.07) is 3.59. The first kappa shape index (κ1) is 18.8. The zero-order valence-corrected chi connectivity index (χ0v) is 16.0. The van der Waals surface area contributed by atoms with Gasteiger partial charge in [-0.25, -0.2) is 14.6 Å². The zero-order valence-electron chi connectivity index (χ0n) is 15.3. The number of aromatic nitrogens is 5. The number of hydrogen-bond donors (Lipinski definition) is 2. The lowest BCUT2D eigenvalue weighted by atomic mass is 10.00. The summed E-state index contributed by atoms with van der Waals surface area (Å²) in [7, 11) is 0. The lowest BCUT2D eigenvalue weighted by Crippen LogP contribution is -2.30. The lowest BCUT2D eigenvalue weighted by Gasteiger charge is -2.26. The van der Waals surface area contributed by atoms with Crippen molar-refractivity contribution < 1.29 is 4.79 Å². The minimum Gasteiger partial charge on any atom is -0.352 e. The molecule has 1 amide bonds. The largest absolute Gasteiger partial charge is 0.352 e. The van der Waals surface area contributed by atoms with Crippen LogP contribution in [0, 0.1) is 0 Å². The number of pyridine rings is 1. The average molecular weight is 386 g/mol. The van der Waals surface area contributed by atoms with E-state index in [0.29, 0.717) is 28.9 Å². The van der Waals surface area contributed by atoms with Crippen molar-refractivity contribution in [2.75, 3.05) is 5.32 Å². The Morgan fingerprint density at radius 2 is 1.96 bits per heavy atom. The fourth-order valence-corrected chi connectivity index (χ4v) is 2.87. The number of hydrogen-bond acceptors (Lipinski definition) is 6. The summed E-state index contributed by atoms with van der Waals surface area (Å²) in [6.45, 7) is 5.82. The second-order valence-electron chi connectivity index (χ2n) is 6.55. The van der Waals surface area contributed by atoms with Gasteiger partial charge < -0.3 is 10.6 Å². The summed E-state index contributed by atoms with van der Waals surface area (Å²) < 4.78 is 1.65. The Balaban J connectivity index is 1.72. The summed E-state index contributed by atoms with van der Waals surface area (Å²) in [4.78, 5) is 24.1. The molecule has 3 aromatic heterocycles. The van der Waals surface area contributed by atoms with Gasteiger partial charge in [0.2, 0.25) is 11.9 Å². The van der Waals surface area contributed by atoms with Gasteiger partial charge in [0.15, 0.2) is 0 Å². The number of nitrogens with one attached hydrogen (secondary N) is 2. The molecule has 3 heterocycles. The molecule has 2 N–H and O–H groups in total. The molecule has 0 saturated heterocycles. The molecule has 0 unspecified atom stereocenters. The van der Waals surface area contributed by atoms with E-state index in [0.717, 1.165) is 5.56 Å². The van der Waals surface area contributed by atoms with Crippen LogP contribution in [-0.4, -0.2) is 30.6 Å². The second-order valence-corrected chi connectivity index (χ2v) is 6.96. The predicted octanol–water partition coefficient (Wildman–Crippen LogP) is 2.69. The van der Waals surface area contributed by atoms with Crippen LogP contribution < -0.4 is 10.6 Å². The Bertz CT molecular complexity index is 937. The third-order valence-electron chi connectivity index (χ3n) is 3.86. The summed E-state index contributed by atoms with van der Waals surface area (Å²) in [5.74, 6) is 0.369. The van der Waals surface area contributed by atoms with E-state index in [4.69, 9.17) is 11.6 Å². The Morgan fingerprint density at radius 3 is 2.63 bits per heavy atom. The van der Waals surface area contributed by atoms with E-state index >= 15 is 0 Å². The molecule has 0 saturated carbocycles. The van der Waals surface area contributed by atoms with E-state index in [1.54, 1.807) is 41.6 Å². The molecule has 3 aromatic rings. The maximum absolute atomic E-state index is 11.0. The number of amides is 1. The normalized spacial score (nSPS) is 11.3. The highest BCUT2D eigenvalue weighted by Crippen LogP contribution is 2.28. The summed E-state index contributed by atoms with van der Waals surface area (Å²) >= 11 is 6.25. The first-order chi connectivity index (χ1) is 12.8. The standard InChI is InChI=1S/C18H20ClN7O/c1-12(27)21-7-13-8-24-26(11-13)14-9-22-17(23-10-14)25-18(2,3)16-15(19)5-4-6-20-16/h4-6,8-11H,7H2,1-3H3,(H,21,27)(H,22,23,25). The number of anilines is 1. The smallest absolute Gasteiger partial charge is 0.223 e. The molecule has 0 fully saturated rings. The highest BCUT2D eigenvalue weighted by molar-refractivity contribution is 6.31. The molecule has 0 aliphatic heterocycles. The Morgan fingerprint density at radius 1 is 1.22 bits per heavy atom. The molecule has 9 heteroatoms. The average Bonchev–Trinajstić information content (AvgIpc) is 3.09. The van der Waals surface area contributed by atoms with Crippen LogP contribution in [0.2, 0.25) is 5.02 Å². The third kappa shape index (κ3) is 4.59. The molecule has 0 aromatic carbocycles. The van der Waals surface area contributed by atoms with Gasteiger partial charge in [0.25, 0.3) is 0 Å². The summed E-state index contributed by atoms with van der Waals surface area (Å²) in [5, 5.41) is 10.8. The SMILES string of the molecule is CC(=O)NCc1cnn(-c2cnc(NC(C)(C)c3ncccc3Cl)nc2)c1. The maximum Gasteiger partial charge on any atom is 0.223 e. The van der Waals surface area contributed by atoms with Gasteiger partial charge in [0, 0.05) is 31.4 Å². The van der Waals surface area contributed by atoms with Crippen molar-refractivity contribution in [1.82, 2.24) is 30.0 Å². The van der Waals surface area contributed by atoms with Crippen molar-refractivity contribution in [3.8, 4) is 5.69 Å². The van der Waals surface area contributed by atoms with Gasteiger partial charge in [-0.2, -0.15) is 5.10 Å². The monoisotopic (exact) mass is 385 g/mol. The molecule has 0 aliphatic rings. The van der Waals surface area contributed by atoms with Crippen LogP contribution in [0.15, 0.2) is 43.1 Å². The highest BCUT2D eigenvalue weighted by atomic mass is 35.5. The van der Waals surface area contributed by atoms with E-state index in [1.807, 2.05) is 20.0 Å². The molecule has 3 rings (SSSR count). The minimum atomic E-state index is -0.545. The molecule has 27 heavy (non-hydrogen) atoms. The van der Waals surface area contributed by atoms with E-state index < -0.39 is 5.54 Å². The maximum atomic E-state index is 11.0. The van der Waals surface area contributed by atoms with Crippen LogP contribution in [-0.2, 0) is 16.9 Å². The van der Waals surface area contributed by atoms with E-state index in [-0.39, 0.29) is 5.91 Å². The third-order valence-corrected chi connectivity index (χ3v) is 4.16. The minimum absolute atomic E-state index is 0.0860.